The van der Waals surface area contributed by atoms with E-state index in [1.165, 1.54) is 0 Å². The van der Waals surface area contributed by atoms with Crippen molar-refractivity contribution in [2.24, 2.45) is 0 Å². The van der Waals surface area contributed by atoms with E-state index < -0.39 is 11.6 Å². The Morgan fingerprint density at radius 1 is 1.23 bits per heavy atom. The highest BCUT2D eigenvalue weighted by molar-refractivity contribution is 6.30. The van der Waals surface area contributed by atoms with Crippen LogP contribution in [0, 0.1) is 11.3 Å². The van der Waals surface area contributed by atoms with Crippen LogP contribution in [-0.4, -0.2) is 22.4 Å². The second kappa shape index (κ2) is 8.89. The van der Waals surface area contributed by atoms with Gasteiger partial charge in [-0.25, -0.2) is 9.48 Å². The van der Waals surface area contributed by atoms with Gasteiger partial charge in [-0.2, -0.15) is 10.4 Å². The Balaban J connectivity index is 1.73. The van der Waals surface area contributed by atoms with Crippen LogP contribution in [0.25, 0.3) is 11.3 Å². The average molecular weight is 424 g/mol. The fourth-order valence-corrected chi connectivity index (χ4v) is 3.08. The number of carbonyl (C=O) groups excluding carboxylic acids is 1. The molecule has 1 amide bonds. The van der Waals surface area contributed by atoms with Gasteiger partial charge in [0.25, 0.3) is 0 Å². The van der Waals surface area contributed by atoms with E-state index in [-0.39, 0.29) is 24.5 Å². The number of benzene rings is 2. The molecule has 0 saturated carbocycles. The van der Waals surface area contributed by atoms with Crippen molar-refractivity contribution < 1.29 is 9.53 Å². The summed E-state index contributed by atoms with van der Waals surface area (Å²) in [5.74, 6) is 0.229. The Kier molecular flexibility index (Phi) is 6.28. The lowest BCUT2D eigenvalue weighted by Gasteiger charge is -2.26. The van der Waals surface area contributed by atoms with E-state index in [9.17, 15) is 10.1 Å². The highest BCUT2D eigenvalue weighted by Crippen LogP contribution is 2.31. The molecule has 0 unspecified atom stereocenters. The minimum atomic E-state index is -0.702. The van der Waals surface area contributed by atoms with Crippen LogP contribution >= 0.6 is 11.6 Å². The fourth-order valence-electron chi connectivity index (χ4n) is 2.95. The Morgan fingerprint density at radius 3 is 2.53 bits per heavy atom. The van der Waals surface area contributed by atoms with Crippen LogP contribution in [0.2, 0.25) is 5.02 Å². The maximum Gasteiger partial charge on any atom is 0.407 e. The first-order chi connectivity index (χ1) is 14.3. The first kappa shape index (κ1) is 21.2. The lowest BCUT2D eigenvalue weighted by molar-refractivity contribution is 0.134. The van der Waals surface area contributed by atoms with Crippen LogP contribution in [0.15, 0.2) is 54.6 Å². The summed E-state index contributed by atoms with van der Waals surface area (Å²) >= 11 is 5.95. The quantitative estimate of drug-likeness (QED) is 0.614. The molecule has 154 valence electrons. The predicted octanol–water partition coefficient (Wildman–Crippen LogP) is 4.32. The highest BCUT2D eigenvalue weighted by atomic mass is 35.5. The number of amides is 1. The van der Waals surface area contributed by atoms with Gasteiger partial charge in [0.1, 0.15) is 29.8 Å². The Labute approximate surface area is 180 Å². The Hall–Kier alpha value is -3.50. The Bertz CT molecular complexity index is 1070. The van der Waals surface area contributed by atoms with E-state index in [1.807, 2.05) is 44.2 Å². The summed E-state index contributed by atoms with van der Waals surface area (Å²) < 4.78 is 6.79. The number of rotatable bonds is 6. The summed E-state index contributed by atoms with van der Waals surface area (Å²) in [4.78, 5) is 12.1. The van der Waals surface area contributed by atoms with Crippen molar-refractivity contribution in [1.29, 1.82) is 5.26 Å². The molecule has 1 heterocycles. The summed E-state index contributed by atoms with van der Waals surface area (Å²) in [6, 6.07) is 18.5. The second-order valence-corrected chi connectivity index (χ2v) is 7.80. The van der Waals surface area contributed by atoms with Gasteiger partial charge in [0.2, 0.25) is 0 Å². The van der Waals surface area contributed by atoms with E-state index in [4.69, 9.17) is 22.1 Å². The predicted molar refractivity (Wildman–Crippen MR) is 116 cm³/mol. The maximum absolute atomic E-state index is 12.1. The highest BCUT2D eigenvalue weighted by Gasteiger charge is 2.28. The molecular weight excluding hydrogens is 402 g/mol. The third kappa shape index (κ3) is 4.73. The number of halogens is 1. The minimum Gasteiger partial charge on any atom is -0.445 e. The van der Waals surface area contributed by atoms with Crippen LogP contribution in [0.1, 0.15) is 25.0 Å². The second-order valence-electron chi connectivity index (χ2n) is 7.37. The van der Waals surface area contributed by atoms with Crippen LogP contribution in [0.4, 0.5) is 10.6 Å². The number of nitriles is 1. The van der Waals surface area contributed by atoms with Gasteiger partial charge in [-0.3, -0.25) is 0 Å². The summed E-state index contributed by atoms with van der Waals surface area (Å²) in [5.41, 5.74) is 7.88. The van der Waals surface area contributed by atoms with Crippen molar-refractivity contribution in [2.45, 2.75) is 26.0 Å². The monoisotopic (exact) mass is 423 g/mol. The van der Waals surface area contributed by atoms with Gasteiger partial charge in [-0.1, -0.05) is 54.1 Å². The molecule has 8 heteroatoms. The van der Waals surface area contributed by atoms with Gasteiger partial charge < -0.3 is 15.8 Å². The molecule has 0 aliphatic heterocycles. The number of nitrogen functional groups attached to an aromatic ring is 1. The van der Waals surface area contributed by atoms with E-state index in [0.717, 1.165) is 11.1 Å². The van der Waals surface area contributed by atoms with Crippen LogP contribution in [-0.2, 0) is 16.9 Å². The normalized spacial score (nSPS) is 11.0. The summed E-state index contributed by atoms with van der Waals surface area (Å²) in [5, 5.41) is 17.5. The molecule has 1 aromatic heterocycles. The molecule has 0 aliphatic carbocycles. The van der Waals surface area contributed by atoms with Gasteiger partial charge in [0.15, 0.2) is 0 Å². The molecule has 0 aliphatic rings. The van der Waals surface area contributed by atoms with Crippen LogP contribution in [0.3, 0.4) is 0 Å². The third-order valence-electron chi connectivity index (χ3n) is 4.60. The van der Waals surface area contributed by atoms with Gasteiger partial charge in [0, 0.05) is 17.1 Å². The zero-order valence-electron chi connectivity index (χ0n) is 16.7. The fraction of sp³-hybridized carbons (Fsp3) is 0.227. The van der Waals surface area contributed by atoms with Crippen molar-refractivity contribution in [1.82, 2.24) is 15.1 Å². The molecule has 3 rings (SSSR count). The molecular formula is C22H22ClN5O2. The van der Waals surface area contributed by atoms with Crippen LogP contribution < -0.4 is 11.1 Å². The van der Waals surface area contributed by atoms with Crippen molar-refractivity contribution in [3.05, 3.63) is 70.7 Å². The summed E-state index contributed by atoms with van der Waals surface area (Å²) in [7, 11) is 0. The van der Waals surface area contributed by atoms with Crippen molar-refractivity contribution in [2.75, 3.05) is 12.3 Å². The van der Waals surface area contributed by atoms with Crippen molar-refractivity contribution in [3.63, 3.8) is 0 Å². The van der Waals surface area contributed by atoms with E-state index in [2.05, 4.69) is 16.5 Å². The molecule has 0 atom stereocenters. The lowest BCUT2D eigenvalue weighted by Crippen LogP contribution is -2.42. The molecule has 0 saturated heterocycles. The number of hydrogen-bond donors (Lipinski definition) is 2. The van der Waals surface area contributed by atoms with Crippen LogP contribution in [0.5, 0.6) is 0 Å². The van der Waals surface area contributed by atoms with Gasteiger partial charge in [0.05, 0.1) is 5.54 Å². The first-order valence-electron chi connectivity index (χ1n) is 9.31. The largest absolute Gasteiger partial charge is 0.445 e. The number of nitrogens with one attached hydrogen (secondary N) is 1. The smallest absolute Gasteiger partial charge is 0.407 e. The maximum atomic E-state index is 12.1. The number of carbonyl (C=O) groups is 1. The van der Waals surface area contributed by atoms with E-state index in [0.29, 0.717) is 10.7 Å². The number of anilines is 1. The van der Waals surface area contributed by atoms with Gasteiger partial charge in [-0.15, -0.1) is 0 Å². The molecule has 3 N–H and O–H groups in total. The molecule has 30 heavy (non-hydrogen) atoms. The molecule has 3 aromatic rings. The van der Waals surface area contributed by atoms with E-state index in [1.54, 1.807) is 28.9 Å². The molecule has 0 spiro atoms. The number of nitrogens with two attached hydrogens (primary N) is 1. The van der Waals surface area contributed by atoms with Crippen molar-refractivity contribution in [3.8, 4) is 17.3 Å². The van der Waals surface area contributed by atoms with Gasteiger partial charge in [-0.05, 0) is 31.5 Å². The zero-order valence-corrected chi connectivity index (χ0v) is 17.5. The molecule has 7 nitrogen and oxygen atoms in total. The number of alkyl carbamates (subject to hydrolysis) is 1. The number of hydrogen-bond acceptors (Lipinski definition) is 5. The number of aromatic nitrogens is 2. The summed E-state index contributed by atoms with van der Waals surface area (Å²) in [6.07, 6.45) is -0.545. The zero-order chi connectivity index (χ0) is 21.7. The topological polar surface area (TPSA) is 106 Å². The first-order valence-corrected chi connectivity index (χ1v) is 9.69. The minimum absolute atomic E-state index is 0.177. The van der Waals surface area contributed by atoms with Gasteiger partial charge >= 0.3 is 6.09 Å². The van der Waals surface area contributed by atoms with E-state index >= 15 is 0 Å². The standard InChI is InChI=1S/C22H22ClN5O2/c1-22(2,14-26-21(29)30-13-15-6-4-3-5-7-15)28-20(25)18(12-24)19(27-28)16-8-10-17(23)11-9-16/h3-11H,13-14,25H2,1-2H3,(H,26,29). The molecule has 0 fully saturated rings. The number of nitrogens with zero attached hydrogens (tertiary/aromatic N) is 3. The Morgan fingerprint density at radius 2 is 1.90 bits per heavy atom. The van der Waals surface area contributed by atoms with Crippen molar-refractivity contribution >= 4 is 23.5 Å². The average Bonchev–Trinajstić information content (AvgIpc) is 3.09. The lowest BCUT2D eigenvalue weighted by atomic mass is 10.1. The molecule has 0 bridgehead atoms. The molecule has 0 radical (unpaired) electrons. The SMILES string of the molecule is CC(C)(CNC(=O)OCc1ccccc1)n1nc(-c2ccc(Cl)cc2)c(C#N)c1N. The summed E-state index contributed by atoms with van der Waals surface area (Å²) in [6.45, 7) is 4.11. The number of ether oxygens (including phenoxy) is 1. The molecule has 2 aromatic carbocycles. The third-order valence-corrected chi connectivity index (χ3v) is 4.85.